The van der Waals surface area contributed by atoms with Crippen molar-refractivity contribution < 1.29 is 4.79 Å². The van der Waals surface area contributed by atoms with Crippen LogP contribution in [0.25, 0.3) is 0 Å². The molecule has 1 amide bonds. The van der Waals surface area contributed by atoms with E-state index >= 15 is 0 Å². The molecule has 6 nitrogen and oxygen atoms in total. The highest BCUT2D eigenvalue weighted by atomic mass is 16.2. The highest BCUT2D eigenvalue weighted by molar-refractivity contribution is 5.94. The Bertz CT molecular complexity index is 921. The van der Waals surface area contributed by atoms with Gasteiger partial charge in [0.1, 0.15) is 5.82 Å². The molecule has 1 atom stereocenters. The minimum atomic E-state index is -0.0746. The van der Waals surface area contributed by atoms with Crippen molar-refractivity contribution in [2.24, 2.45) is 12.5 Å². The van der Waals surface area contributed by atoms with E-state index in [-0.39, 0.29) is 22.9 Å². The smallest absolute Gasteiger partial charge is 0.269 e. The maximum Gasteiger partial charge on any atom is 0.269 e. The molecule has 1 aliphatic carbocycles. The van der Waals surface area contributed by atoms with Gasteiger partial charge < -0.3 is 10.2 Å². The number of nitrogens with zero attached hydrogens (tertiary/aromatic N) is 3. The molecule has 0 radical (unpaired) electrons. The van der Waals surface area contributed by atoms with Gasteiger partial charge >= 0.3 is 0 Å². The number of anilines is 1. The lowest BCUT2D eigenvalue weighted by atomic mass is 9.86. The summed E-state index contributed by atoms with van der Waals surface area (Å²) in [5.41, 5.74) is 2.68. The van der Waals surface area contributed by atoms with Gasteiger partial charge in [0.2, 0.25) is 5.91 Å². The quantitative estimate of drug-likeness (QED) is 0.829. The van der Waals surface area contributed by atoms with Crippen LogP contribution in [0.5, 0.6) is 0 Å². The molecular formula is C24H34N4O2. The summed E-state index contributed by atoms with van der Waals surface area (Å²) in [5, 5.41) is 7.68. The Balaban J connectivity index is 1.72. The van der Waals surface area contributed by atoms with Gasteiger partial charge in [-0.25, -0.2) is 4.68 Å². The van der Waals surface area contributed by atoms with Gasteiger partial charge in [0, 0.05) is 37.3 Å². The third kappa shape index (κ3) is 5.29. The first kappa shape index (κ1) is 22.1. The zero-order chi connectivity index (χ0) is 21.9. The minimum Gasteiger partial charge on any atom is -0.353 e. The van der Waals surface area contributed by atoms with Crippen LogP contribution in [-0.4, -0.2) is 34.8 Å². The van der Waals surface area contributed by atoms with Crippen LogP contribution in [0.2, 0.25) is 0 Å². The maximum absolute atomic E-state index is 13.0. The number of hydrogen-bond donors (Lipinski definition) is 1. The van der Waals surface area contributed by atoms with Crippen molar-refractivity contribution in [1.29, 1.82) is 0 Å². The van der Waals surface area contributed by atoms with Gasteiger partial charge in [0.05, 0.1) is 0 Å². The lowest BCUT2D eigenvalue weighted by molar-refractivity contribution is -0.118. The van der Waals surface area contributed by atoms with Gasteiger partial charge in [-0.05, 0) is 49.7 Å². The van der Waals surface area contributed by atoms with Gasteiger partial charge in [-0.15, -0.1) is 0 Å². The maximum atomic E-state index is 13.0. The number of aromatic nitrogens is 2. The third-order valence-electron chi connectivity index (χ3n) is 5.82. The summed E-state index contributed by atoms with van der Waals surface area (Å²) in [5.74, 6) is 0.799. The summed E-state index contributed by atoms with van der Waals surface area (Å²) < 4.78 is 1.39. The Hall–Kier alpha value is -2.63. The van der Waals surface area contributed by atoms with Crippen molar-refractivity contribution in [3.63, 3.8) is 0 Å². The Morgan fingerprint density at radius 3 is 2.70 bits per heavy atom. The molecule has 3 rings (SSSR count). The standard InChI is InChI=1S/C24H34N4O2/c1-17-15-21(26-27(5)23(17)30)28-14-7-6-11-20(16-28)25-22(29)18-9-8-10-19(13-12-18)24(2,3)4/h8,10,12-13,15,20H,6-7,9,11,14,16H2,1-5H3,(H,25,29). The average molecular weight is 411 g/mol. The van der Waals surface area contributed by atoms with E-state index in [9.17, 15) is 9.59 Å². The second kappa shape index (κ2) is 9.02. The van der Waals surface area contributed by atoms with E-state index in [1.165, 1.54) is 10.3 Å². The van der Waals surface area contributed by atoms with E-state index in [4.69, 9.17) is 0 Å². The molecule has 0 saturated carbocycles. The SMILES string of the molecule is Cc1cc(N2CCCCC(NC(=O)C3=CC=C(C(C)(C)C)C=CC3)C2)nn(C)c1=O. The molecule has 1 unspecified atom stereocenters. The molecule has 0 spiro atoms. The monoisotopic (exact) mass is 410 g/mol. The van der Waals surface area contributed by atoms with Crippen LogP contribution < -0.4 is 15.8 Å². The predicted molar refractivity (Wildman–Crippen MR) is 122 cm³/mol. The number of rotatable bonds is 3. The molecule has 1 aromatic rings. The van der Waals surface area contributed by atoms with E-state index < -0.39 is 0 Å². The van der Waals surface area contributed by atoms with Gasteiger partial charge in [-0.2, -0.15) is 5.10 Å². The van der Waals surface area contributed by atoms with Gasteiger partial charge in [-0.1, -0.05) is 45.1 Å². The van der Waals surface area contributed by atoms with Crippen LogP contribution in [-0.2, 0) is 11.8 Å². The van der Waals surface area contributed by atoms with Crippen LogP contribution >= 0.6 is 0 Å². The molecule has 6 heteroatoms. The number of nitrogens with one attached hydrogen (secondary N) is 1. The fourth-order valence-corrected chi connectivity index (χ4v) is 3.93. The zero-order valence-electron chi connectivity index (χ0n) is 18.9. The zero-order valence-corrected chi connectivity index (χ0v) is 18.9. The first-order valence-electron chi connectivity index (χ1n) is 10.8. The topological polar surface area (TPSA) is 67.2 Å². The summed E-state index contributed by atoms with van der Waals surface area (Å²) in [6.07, 6.45) is 11.9. The van der Waals surface area contributed by atoms with Crippen molar-refractivity contribution in [3.8, 4) is 0 Å². The molecule has 0 aromatic carbocycles. The molecule has 1 saturated heterocycles. The molecule has 1 fully saturated rings. The molecule has 162 valence electrons. The first-order chi connectivity index (χ1) is 14.1. The second-order valence-electron chi connectivity index (χ2n) is 9.40. The van der Waals surface area contributed by atoms with Crippen molar-refractivity contribution in [2.45, 2.75) is 59.4 Å². The summed E-state index contributed by atoms with van der Waals surface area (Å²) in [4.78, 5) is 27.1. The van der Waals surface area contributed by atoms with Crippen LogP contribution in [0.4, 0.5) is 5.82 Å². The van der Waals surface area contributed by atoms with Crippen molar-refractivity contribution >= 4 is 11.7 Å². The molecule has 0 bridgehead atoms. The number of allylic oxidation sites excluding steroid dienone is 5. The lowest BCUT2D eigenvalue weighted by Crippen LogP contribution is -2.43. The number of carbonyl (C=O) groups is 1. The normalized spacial score (nSPS) is 20.2. The van der Waals surface area contributed by atoms with Crippen molar-refractivity contribution in [2.75, 3.05) is 18.0 Å². The Morgan fingerprint density at radius 2 is 2.00 bits per heavy atom. The molecule has 1 N–H and O–H groups in total. The summed E-state index contributed by atoms with van der Waals surface area (Å²) in [6.45, 7) is 9.92. The minimum absolute atomic E-state index is 0.00232. The van der Waals surface area contributed by atoms with E-state index in [0.29, 0.717) is 18.5 Å². The highest BCUT2D eigenvalue weighted by Crippen LogP contribution is 2.28. The third-order valence-corrected chi connectivity index (χ3v) is 5.82. The number of aryl methyl sites for hydroxylation is 2. The summed E-state index contributed by atoms with van der Waals surface area (Å²) in [6, 6.07) is 1.91. The average Bonchev–Trinajstić information content (AvgIpc) is 3.06. The van der Waals surface area contributed by atoms with Crippen LogP contribution in [0.1, 0.15) is 52.0 Å². The fourth-order valence-electron chi connectivity index (χ4n) is 3.93. The summed E-state index contributed by atoms with van der Waals surface area (Å²) >= 11 is 0. The molecule has 2 aliphatic rings. The largest absolute Gasteiger partial charge is 0.353 e. The fraction of sp³-hybridized carbons (Fsp3) is 0.542. The van der Waals surface area contributed by atoms with Crippen molar-refractivity contribution in [3.05, 3.63) is 57.4 Å². The second-order valence-corrected chi connectivity index (χ2v) is 9.40. The predicted octanol–water partition coefficient (Wildman–Crippen LogP) is 3.42. The lowest BCUT2D eigenvalue weighted by Gasteiger charge is -2.26. The number of carbonyl (C=O) groups excluding carboxylic acids is 1. The molecule has 30 heavy (non-hydrogen) atoms. The Morgan fingerprint density at radius 1 is 1.23 bits per heavy atom. The van der Waals surface area contributed by atoms with E-state index in [1.807, 2.05) is 19.1 Å². The van der Waals surface area contributed by atoms with E-state index in [1.54, 1.807) is 7.05 Å². The molecule has 1 aliphatic heterocycles. The van der Waals surface area contributed by atoms with Crippen LogP contribution in [0.15, 0.2) is 46.3 Å². The molecular weight excluding hydrogens is 376 g/mol. The van der Waals surface area contributed by atoms with E-state index in [2.05, 4.69) is 54.3 Å². The van der Waals surface area contributed by atoms with E-state index in [0.717, 1.165) is 37.2 Å². The molecule has 1 aromatic heterocycles. The van der Waals surface area contributed by atoms with Crippen LogP contribution in [0.3, 0.4) is 0 Å². The van der Waals surface area contributed by atoms with Crippen molar-refractivity contribution in [1.82, 2.24) is 15.1 Å². The van der Waals surface area contributed by atoms with Gasteiger partial charge in [0.15, 0.2) is 0 Å². The van der Waals surface area contributed by atoms with Gasteiger partial charge in [-0.3, -0.25) is 9.59 Å². The highest BCUT2D eigenvalue weighted by Gasteiger charge is 2.23. The summed E-state index contributed by atoms with van der Waals surface area (Å²) in [7, 11) is 1.68. The Kier molecular flexibility index (Phi) is 6.64. The first-order valence-corrected chi connectivity index (χ1v) is 10.8. The number of hydrogen-bond acceptors (Lipinski definition) is 4. The molecule has 2 heterocycles. The van der Waals surface area contributed by atoms with Crippen LogP contribution in [0, 0.1) is 12.3 Å². The van der Waals surface area contributed by atoms with Gasteiger partial charge in [0.25, 0.3) is 5.56 Å². The number of amides is 1. The Labute approximate surface area is 179 Å².